The maximum atomic E-state index is 14.0. The van der Waals surface area contributed by atoms with Crippen molar-refractivity contribution in [3.8, 4) is 0 Å². The Bertz CT molecular complexity index is 614. The topological polar surface area (TPSA) is 0 Å². The number of hydrogen-bond donors (Lipinski definition) is 0. The number of rotatable bonds is 2. The SMILES string of the molecule is CC1(C(Br)c2ccc(F)c3ccccc23)CCCCC1. The lowest BCUT2D eigenvalue weighted by molar-refractivity contribution is 0.213. The van der Waals surface area contributed by atoms with Crippen molar-refractivity contribution in [2.24, 2.45) is 5.41 Å². The minimum Gasteiger partial charge on any atom is -0.206 e. The second kappa shape index (κ2) is 5.48. The number of alkyl halides is 1. The highest BCUT2D eigenvalue weighted by molar-refractivity contribution is 9.09. The van der Waals surface area contributed by atoms with Crippen LogP contribution in [-0.2, 0) is 0 Å². The van der Waals surface area contributed by atoms with Crippen LogP contribution in [0.15, 0.2) is 36.4 Å². The van der Waals surface area contributed by atoms with Gasteiger partial charge in [0.05, 0.1) is 0 Å². The molecule has 0 aliphatic heterocycles. The Balaban J connectivity index is 2.08. The molecule has 2 aromatic carbocycles. The Labute approximate surface area is 128 Å². The lowest BCUT2D eigenvalue weighted by Gasteiger charge is -2.38. The summed E-state index contributed by atoms with van der Waals surface area (Å²) >= 11 is 3.93. The zero-order valence-corrected chi connectivity index (χ0v) is 13.4. The Morgan fingerprint density at radius 2 is 1.65 bits per heavy atom. The molecule has 1 aliphatic carbocycles. The first-order valence-corrected chi connectivity index (χ1v) is 8.35. The molecule has 0 aromatic heterocycles. The first-order valence-electron chi connectivity index (χ1n) is 7.43. The van der Waals surface area contributed by atoms with E-state index in [1.54, 1.807) is 6.07 Å². The Morgan fingerprint density at radius 1 is 1.00 bits per heavy atom. The van der Waals surface area contributed by atoms with E-state index in [2.05, 4.69) is 22.9 Å². The summed E-state index contributed by atoms with van der Waals surface area (Å²) < 4.78 is 14.0. The first-order chi connectivity index (χ1) is 9.62. The summed E-state index contributed by atoms with van der Waals surface area (Å²) in [7, 11) is 0. The van der Waals surface area contributed by atoms with Crippen LogP contribution in [0.1, 0.15) is 49.4 Å². The largest absolute Gasteiger partial charge is 0.206 e. The highest BCUT2D eigenvalue weighted by Crippen LogP contribution is 2.51. The Hall–Kier alpha value is -0.890. The fourth-order valence-corrected chi connectivity index (χ4v) is 4.35. The van der Waals surface area contributed by atoms with Crippen molar-refractivity contribution < 1.29 is 4.39 Å². The summed E-state index contributed by atoms with van der Waals surface area (Å²) in [6.07, 6.45) is 6.44. The lowest BCUT2D eigenvalue weighted by atomic mass is 9.71. The van der Waals surface area contributed by atoms with Gasteiger partial charge in [0.25, 0.3) is 0 Å². The quantitative estimate of drug-likeness (QED) is 0.558. The molecule has 0 N–H and O–H groups in total. The smallest absolute Gasteiger partial charge is 0.131 e. The molecular formula is C18H20BrF. The number of halogens is 2. The molecule has 1 atom stereocenters. The van der Waals surface area contributed by atoms with Crippen LogP contribution in [0, 0.1) is 11.2 Å². The molecule has 0 saturated heterocycles. The number of benzene rings is 2. The fraction of sp³-hybridized carbons (Fsp3) is 0.444. The van der Waals surface area contributed by atoms with E-state index in [-0.39, 0.29) is 11.2 Å². The van der Waals surface area contributed by atoms with Crippen LogP contribution >= 0.6 is 15.9 Å². The molecule has 0 nitrogen and oxygen atoms in total. The molecule has 106 valence electrons. The molecule has 0 spiro atoms. The average Bonchev–Trinajstić information content (AvgIpc) is 2.48. The van der Waals surface area contributed by atoms with Gasteiger partial charge in [-0.3, -0.25) is 0 Å². The zero-order valence-electron chi connectivity index (χ0n) is 11.8. The van der Waals surface area contributed by atoms with Crippen molar-refractivity contribution in [1.82, 2.24) is 0 Å². The third-order valence-corrected chi connectivity index (χ3v) is 6.38. The molecule has 1 saturated carbocycles. The maximum Gasteiger partial charge on any atom is 0.131 e. The van der Waals surface area contributed by atoms with Crippen molar-refractivity contribution >= 4 is 26.7 Å². The third kappa shape index (κ3) is 2.39. The molecular weight excluding hydrogens is 315 g/mol. The van der Waals surface area contributed by atoms with Gasteiger partial charge in [-0.15, -0.1) is 0 Å². The van der Waals surface area contributed by atoms with Gasteiger partial charge >= 0.3 is 0 Å². The van der Waals surface area contributed by atoms with Crippen LogP contribution < -0.4 is 0 Å². The fourth-order valence-electron chi connectivity index (χ4n) is 3.49. The van der Waals surface area contributed by atoms with E-state index in [0.29, 0.717) is 4.83 Å². The van der Waals surface area contributed by atoms with Gasteiger partial charge in [0, 0.05) is 10.2 Å². The minimum absolute atomic E-state index is 0.127. The van der Waals surface area contributed by atoms with Gasteiger partial charge in [-0.05, 0) is 35.3 Å². The summed E-state index contributed by atoms with van der Waals surface area (Å²) in [5, 5.41) is 1.77. The highest BCUT2D eigenvalue weighted by atomic mass is 79.9. The predicted molar refractivity (Wildman–Crippen MR) is 86.8 cm³/mol. The molecule has 0 bridgehead atoms. The van der Waals surface area contributed by atoms with E-state index in [9.17, 15) is 4.39 Å². The third-order valence-electron chi connectivity index (χ3n) is 4.79. The van der Waals surface area contributed by atoms with Crippen LogP contribution in [-0.4, -0.2) is 0 Å². The van der Waals surface area contributed by atoms with Gasteiger partial charge in [-0.1, -0.05) is 72.4 Å². The van der Waals surface area contributed by atoms with Gasteiger partial charge in [0.15, 0.2) is 0 Å². The molecule has 3 rings (SSSR count). The first kappa shape index (κ1) is 14.1. The van der Waals surface area contributed by atoms with E-state index in [0.717, 1.165) is 10.8 Å². The molecule has 2 aromatic rings. The van der Waals surface area contributed by atoms with Gasteiger partial charge in [0.2, 0.25) is 0 Å². The van der Waals surface area contributed by atoms with E-state index in [1.807, 2.05) is 30.3 Å². The second-order valence-electron chi connectivity index (χ2n) is 6.26. The molecule has 1 unspecified atom stereocenters. The van der Waals surface area contributed by atoms with Crippen molar-refractivity contribution in [2.75, 3.05) is 0 Å². The van der Waals surface area contributed by atoms with E-state index >= 15 is 0 Å². The van der Waals surface area contributed by atoms with Crippen molar-refractivity contribution in [3.63, 3.8) is 0 Å². The van der Waals surface area contributed by atoms with E-state index < -0.39 is 0 Å². The minimum atomic E-state index is -0.127. The van der Waals surface area contributed by atoms with Crippen molar-refractivity contribution in [3.05, 3.63) is 47.8 Å². The lowest BCUT2D eigenvalue weighted by Crippen LogP contribution is -2.25. The van der Waals surface area contributed by atoms with Gasteiger partial charge < -0.3 is 0 Å². The number of fused-ring (bicyclic) bond motifs is 1. The van der Waals surface area contributed by atoms with Gasteiger partial charge in [-0.2, -0.15) is 0 Å². The predicted octanol–water partition coefficient (Wildman–Crippen LogP) is 6.39. The second-order valence-corrected chi connectivity index (χ2v) is 7.18. The maximum absolute atomic E-state index is 14.0. The van der Waals surface area contributed by atoms with Crippen LogP contribution in [0.2, 0.25) is 0 Å². The molecule has 1 aliphatic rings. The van der Waals surface area contributed by atoms with Crippen LogP contribution in [0.5, 0.6) is 0 Å². The Morgan fingerprint density at radius 3 is 2.35 bits per heavy atom. The van der Waals surface area contributed by atoms with Gasteiger partial charge in [0.1, 0.15) is 5.82 Å². The average molecular weight is 335 g/mol. The summed E-state index contributed by atoms with van der Waals surface area (Å²) in [4.78, 5) is 0.292. The summed E-state index contributed by atoms with van der Waals surface area (Å²) in [5.41, 5.74) is 1.50. The highest BCUT2D eigenvalue weighted by Gasteiger charge is 2.35. The van der Waals surface area contributed by atoms with Crippen LogP contribution in [0.3, 0.4) is 0 Å². The summed E-state index contributed by atoms with van der Waals surface area (Å²) in [5.74, 6) is -0.127. The molecule has 0 amide bonds. The molecule has 1 fully saturated rings. The standard InChI is InChI=1S/C18H20BrF/c1-18(11-5-2-6-12-18)17(19)15-9-10-16(20)14-8-4-3-7-13(14)15/h3-4,7-10,17H,2,5-6,11-12H2,1H3. The van der Waals surface area contributed by atoms with Gasteiger partial charge in [-0.25, -0.2) is 4.39 Å². The zero-order chi connectivity index (χ0) is 14.2. The Kier molecular flexibility index (Phi) is 3.85. The number of hydrogen-bond acceptors (Lipinski definition) is 0. The normalized spacial score (nSPS) is 19.9. The van der Waals surface area contributed by atoms with Crippen LogP contribution in [0.25, 0.3) is 10.8 Å². The molecule has 20 heavy (non-hydrogen) atoms. The molecule has 2 heteroatoms. The molecule has 0 heterocycles. The molecule has 0 radical (unpaired) electrons. The van der Waals surface area contributed by atoms with E-state index in [1.165, 1.54) is 37.7 Å². The summed E-state index contributed by atoms with van der Waals surface area (Å²) in [6.45, 7) is 2.36. The van der Waals surface area contributed by atoms with E-state index in [4.69, 9.17) is 0 Å². The monoisotopic (exact) mass is 334 g/mol. The van der Waals surface area contributed by atoms with Crippen molar-refractivity contribution in [1.29, 1.82) is 0 Å². The van der Waals surface area contributed by atoms with Crippen molar-refractivity contribution in [2.45, 2.75) is 43.9 Å². The summed E-state index contributed by atoms with van der Waals surface area (Å²) in [6, 6.07) is 11.4. The van der Waals surface area contributed by atoms with Crippen LogP contribution in [0.4, 0.5) is 4.39 Å².